The molecule has 0 radical (unpaired) electrons. The summed E-state index contributed by atoms with van der Waals surface area (Å²) in [6.45, 7) is 17.6. The molecule has 3 aromatic carbocycles. The first-order chi connectivity index (χ1) is 14.1. The van der Waals surface area contributed by atoms with E-state index < -0.39 is 0 Å². The molecule has 0 saturated heterocycles. The number of hydrogen-bond donors (Lipinski definition) is 0. The summed E-state index contributed by atoms with van der Waals surface area (Å²) in [5.74, 6) is 0.560. The Bertz CT molecular complexity index is 1090. The van der Waals surface area contributed by atoms with Crippen LogP contribution in [0, 0.1) is 25.8 Å². The van der Waals surface area contributed by atoms with E-state index in [-0.39, 0.29) is 5.43 Å². The third-order valence-electron chi connectivity index (χ3n) is 5.60. The molecule has 30 heavy (non-hydrogen) atoms. The fourth-order valence-corrected chi connectivity index (χ4v) is 3.57. The number of hydrogen-bond acceptors (Lipinski definition) is 0. The van der Waals surface area contributed by atoms with Gasteiger partial charge < -0.3 is 0 Å². The van der Waals surface area contributed by atoms with Crippen LogP contribution in [0.5, 0.6) is 0 Å². The van der Waals surface area contributed by atoms with Crippen LogP contribution in [0.25, 0.3) is 21.9 Å². The molecule has 2 heteroatoms. The minimum atomic E-state index is 0.210. The molecule has 0 amide bonds. The predicted octanol–water partition coefficient (Wildman–Crippen LogP) is 8.35. The first-order valence-electron chi connectivity index (χ1n) is 10.6. The fourth-order valence-electron chi connectivity index (χ4n) is 3.57. The molecule has 1 aliphatic rings. The number of allylic oxidation sites excluding steroid dienone is 4. The van der Waals surface area contributed by atoms with Crippen LogP contribution in [0.15, 0.2) is 71.3 Å². The van der Waals surface area contributed by atoms with Gasteiger partial charge in [0.25, 0.3) is 0 Å². The van der Waals surface area contributed by atoms with E-state index in [9.17, 15) is 0 Å². The van der Waals surface area contributed by atoms with Crippen LogP contribution in [0.1, 0.15) is 38.8 Å². The van der Waals surface area contributed by atoms with Crippen molar-refractivity contribution in [1.82, 2.24) is 0 Å². The van der Waals surface area contributed by atoms with E-state index in [1.165, 1.54) is 49.7 Å². The van der Waals surface area contributed by atoms with E-state index in [0.717, 1.165) is 0 Å². The van der Waals surface area contributed by atoms with Crippen molar-refractivity contribution in [2.75, 3.05) is 0 Å². The van der Waals surface area contributed by atoms with Gasteiger partial charge in [-0.25, -0.2) is 5.57 Å². The van der Waals surface area contributed by atoms with Crippen LogP contribution in [-0.4, -0.2) is 5.43 Å². The first-order valence-corrected chi connectivity index (χ1v) is 16.8. The van der Waals surface area contributed by atoms with Gasteiger partial charge in [-0.05, 0) is 13.8 Å². The molecule has 1 unspecified atom stereocenters. The molecular formula is C28H34SiZr. The van der Waals surface area contributed by atoms with Crippen molar-refractivity contribution in [3.05, 3.63) is 88.5 Å². The summed E-state index contributed by atoms with van der Waals surface area (Å²) < 4.78 is 0. The van der Waals surface area contributed by atoms with Crippen molar-refractivity contribution in [2.45, 2.75) is 54.6 Å². The van der Waals surface area contributed by atoms with Crippen LogP contribution >= 0.6 is 0 Å². The Kier molecular flexibility index (Phi) is 9.38. The Morgan fingerprint density at radius 1 is 0.933 bits per heavy atom. The second kappa shape index (κ2) is 11.3. The minimum absolute atomic E-state index is 0.210. The number of rotatable bonds is 1. The maximum absolute atomic E-state index is 3.36. The van der Waals surface area contributed by atoms with E-state index in [1.807, 2.05) is 0 Å². The zero-order chi connectivity index (χ0) is 22.4. The number of benzene rings is 2. The number of fused-ring (bicyclic) bond motifs is 1. The molecule has 0 saturated carbocycles. The van der Waals surface area contributed by atoms with Gasteiger partial charge in [0.15, 0.2) is 0 Å². The Morgan fingerprint density at radius 3 is 2.10 bits per heavy atom. The van der Waals surface area contributed by atoms with Gasteiger partial charge in [0.1, 0.15) is 0 Å². The summed E-state index contributed by atoms with van der Waals surface area (Å²) in [6.07, 6.45) is 3.36. The van der Waals surface area contributed by atoms with Gasteiger partial charge in [-0.1, -0.05) is 67.6 Å². The van der Waals surface area contributed by atoms with Crippen molar-refractivity contribution in [3.63, 3.8) is 0 Å². The molecule has 0 spiro atoms. The van der Waals surface area contributed by atoms with Crippen LogP contribution in [0.2, 0.25) is 13.1 Å². The van der Waals surface area contributed by atoms with E-state index >= 15 is 0 Å². The molecule has 4 rings (SSSR count). The minimum Gasteiger partial charge on any atom is -0.150 e. The third kappa shape index (κ3) is 6.56. The van der Waals surface area contributed by atoms with Gasteiger partial charge >= 0.3 is 41.9 Å². The second-order valence-corrected chi connectivity index (χ2v) is 17.8. The fraction of sp³-hybridized carbons (Fsp3) is 0.321. The molecule has 0 nitrogen and oxygen atoms in total. The van der Waals surface area contributed by atoms with Crippen molar-refractivity contribution >= 4 is 16.2 Å². The predicted molar refractivity (Wildman–Crippen MR) is 132 cm³/mol. The molecule has 3 aromatic rings. The van der Waals surface area contributed by atoms with E-state index in [0.29, 0.717) is 5.92 Å². The molecule has 1 aliphatic carbocycles. The van der Waals surface area contributed by atoms with Gasteiger partial charge in [0, 0.05) is 0 Å². The Labute approximate surface area is 198 Å². The van der Waals surface area contributed by atoms with Crippen LogP contribution in [-0.2, 0) is 23.3 Å². The Morgan fingerprint density at radius 2 is 1.57 bits per heavy atom. The van der Waals surface area contributed by atoms with Crippen molar-refractivity contribution in [1.29, 1.82) is 0 Å². The average Bonchev–Trinajstić information content (AvgIpc) is 3.21. The first kappa shape index (κ1) is 24.9. The van der Waals surface area contributed by atoms with Crippen molar-refractivity contribution in [2.24, 2.45) is 5.92 Å². The van der Waals surface area contributed by atoms with Gasteiger partial charge in [0.2, 0.25) is 0 Å². The van der Waals surface area contributed by atoms with Crippen LogP contribution < -0.4 is 0 Å². The maximum Gasteiger partial charge on any atom is -0.0398 e. The average molecular weight is 490 g/mol. The molecule has 0 N–H and O–H groups in total. The summed E-state index contributed by atoms with van der Waals surface area (Å²) >= 11 is 1.74. The monoisotopic (exact) mass is 488 g/mol. The third-order valence-corrected chi connectivity index (χ3v) is 5.60. The molecule has 0 aromatic heterocycles. The van der Waals surface area contributed by atoms with Crippen molar-refractivity contribution < 1.29 is 23.3 Å². The molecule has 1 atom stereocenters. The van der Waals surface area contributed by atoms with Gasteiger partial charge in [-0.3, -0.25) is 6.08 Å². The normalized spacial score (nSPS) is 15.3. The Balaban J connectivity index is 0.000000207. The summed E-state index contributed by atoms with van der Waals surface area (Å²) in [4.78, 5) is 0. The van der Waals surface area contributed by atoms with E-state index in [4.69, 9.17) is 0 Å². The van der Waals surface area contributed by atoms with Crippen LogP contribution in [0.3, 0.4) is 0 Å². The summed E-state index contributed by atoms with van der Waals surface area (Å²) in [5, 5.41) is 2.67. The summed E-state index contributed by atoms with van der Waals surface area (Å²) in [6, 6.07) is 19.6. The maximum atomic E-state index is 3.36. The van der Waals surface area contributed by atoms with E-state index in [2.05, 4.69) is 115 Å². The van der Waals surface area contributed by atoms with Crippen molar-refractivity contribution in [3.8, 4) is 11.1 Å². The molecule has 154 valence electrons. The smallest absolute Gasteiger partial charge is 0.0398 e. The van der Waals surface area contributed by atoms with E-state index in [1.54, 1.807) is 23.3 Å². The molecule has 0 aliphatic heterocycles. The molecular weight excluding hydrogens is 456 g/mol. The quantitative estimate of drug-likeness (QED) is 0.238. The second-order valence-electron chi connectivity index (χ2n) is 8.45. The van der Waals surface area contributed by atoms with Crippen LogP contribution in [0.4, 0.5) is 0 Å². The SMILES string of the molecule is CC1=[C-]C(C)C(C)=C1C.C[Si](C)=[Zr+2].Cc1ccc(C)c(-c2c[cH-]c3ccccc23)c1. The molecule has 0 fully saturated rings. The zero-order valence-corrected chi connectivity index (χ0v) is 23.2. The summed E-state index contributed by atoms with van der Waals surface area (Å²) in [7, 11) is 0. The largest absolute Gasteiger partial charge is 0.150 e. The standard InChI is InChI=1S/C17H15.C9H13.C2H6Si.Zr/c1-12-7-8-13(2)17(11-12)16-10-9-14-5-3-4-6-15(14)16;1-6-5-7(2)9(4)8(6)3;1-3-2;/h3-11H,1-2H3;6H,1-4H3;1-2H3;/q2*-1;;+2. The number of aryl methyl sites for hydroxylation is 2. The molecule has 0 heterocycles. The molecule has 0 bridgehead atoms. The summed E-state index contributed by atoms with van der Waals surface area (Å²) in [5.41, 5.74) is 9.81. The topological polar surface area (TPSA) is 0 Å². The zero-order valence-electron chi connectivity index (χ0n) is 19.8. The van der Waals surface area contributed by atoms with Gasteiger partial charge in [-0.15, -0.1) is 53.6 Å². The van der Waals surface area contributed by atoms with Gasteiger partial charge in [-0.2, -0.15) is 11.1 Å². The van der Waals surface area contributed by atoms with Gasteiger partial charge in [0.05, 0.1) is 0 Å². The Hall–Kier alpha value is -1.37.